The minimum Gasteiger partial charge on any atom is -0.320 e. The monoisotopic (exact) mass is 372 g/mol. The van der Waals surface area contributed by atoms with Crippen molar-refractivity contribution in [2.45, 2.75) is 26.3 Å². The summed E-state index contributed by atoms with van der Waals surface area (Å²) in [5.74, 6) is -0.234. The summed E-state index contributed by atoms with van der Waals surface area (Å²) < 4.78 is 2.80. The van der Waals surface area contributed by atoms with Crippen LogP contribution in [0.15, 0.2) is 47.2 Å². The number of anilines is 1. The number of hydrogen-bond donors (Lipinski definition) is 1. The number of halogens is 1. The lowest BCUT2D eigenvalue weighted by atomic mass is 10.1. The van der Waals surface area contributed by atoms with E-state index in [1.54, 1.807) is 24.5 Å². The van der Waals surface area contributed by atoms with Crippen molar-refractivity contribution >= 4 is 38.4 Å². The Kier molecular flexibility index (Phi) is 3.93. The van der Waals surface area contributed by atoms with Crippen molar-refractivity contribution in [1.82, 2.24) is 14.8 Å². The lowest BCUT2D eigenvalue weighted by molar-refractivity contribution is 0.102. The molecule has 0 spiro atoms. The number of carbonyl (C=O) groups excluding carboxylic acids is 1. The molecular weight excluding hydrogens is 356 g/mol. The highest BCUT2D eigenvalue weighted by atomic mass is 79.9. The van der Waals surface area contributed by atoms with Gasteiger partial charge in [-0.2, -0.15) is 5.10 Å². The maximum absolute atomic E-state index is 12.7. The molecule has 0 saturated carbocycles. The molecule has 0 saturated heterocycles. The molecular formula is C17H17BrN4O. The maximum Gasteiger partial charge on any atom is 0.276 e. The predicted molar refractivity (Wildman–Crippen MR) is 94.6 cm³/mol. The highest BCUT2D eigenvalue weighted by Gasteiger charge is 2.23. The molecule has 23 heavy (non-hydrogen) atoms. The molecule has 2 heterocycles. The van der Waals surface area contributed by atoms with E-state index >= 15 is 0 Å². The van der Waals surface area contributed by atoms with Crippen molar-refractivity contribution in [1.29, 1.82) is 0 Å². The van der Waals surface area contributed by atoms with Crippen LogP contribution in [0, 0.1) is 0 Å². The van der Waals surface area contributed by atoms with Crippen LogP contribution in [0.25, 0.3) is 10.9 Å². The number of nitrogens with zero attached hydrogens (tertiary/aromatic N) is 3. The minimum atomic E-state index is -0.234. The number of benzene rings is 1. The van der Waals surface area contributed by atoms with Gasteiger partial charge in [0.15, 0.2) is 5.69 Å². The number of pyridine rings is 1. The maximum atomic E-state index is 12.7. The van der Waals surface area contributed by atoms with Crippen LogP contribution < -0.4 is 5.32 Å². The van der Waals surface area contributed by atoms with E-state index in [1.807, 2.05) is 22.9 Å². The number of amides is 1. The highest BCUT2D eigenvalue weighted by molar-refractivity contribution is 9.10. The molecule has 6 heteroatoms. The fourth-order valence-corrected chi connectivity index (χ4v) is 2.76. The normalized spacial score (nSPS) is 11.7. The first-order chi connectivity index (χ1) is 10.9. The zero-order chi connectivity index (χ0) is 16.6. The van der Waals surface area contributed by atoms with Gasteiger partial charge in [0.05, 0.1) is 11.1 Å². The highest BCUT2D eigenvalue weighted by Crippen LogP contribution is 2.28. The van der Waals surface area contributed by atoms with Crippen LogP contribution >= 0.6 is 15.9 Å². The topological polar surface area (TPSA) is 59.8 Å². The Labute approximate surface area is 142 Å². The van der Waals surface area contributed by atoms with Crippen molar-refractivity contribution in [3.05, 3.63) is 52.9 Å². The molecule has 1 aromatic carbocycles. The molecule has 0 radical (unpaired) electrons. The predicted octanol–water partition coefficient (Wildman–Crippen LogP) is 4.20. The first-order valence-corrected chi connectivity index (χ1v) is 8.06. The van der Waals surface area contributed by atoms with Crippen LogP contribution in [0.4, 0.5) is 5.69 Å². The van der Waals surface area contributed by atoms with Crippen LogP contribution in [-0.4, -0.2) is 20.7 Å². The largest absolute Gasteiger partial charge is 0.320 e. The number of fused-ring (bicyclic) bond motifs is 1. The van der Waals surface area contributed by atoms with Gasteiger partial charge >= 0.3 is 0 Å². The summed E-state index contributed by atoms with van der Waals surface area (Å²) in [5.41, 5.74) is 1.81. The Hall–Kier alpha value is -2.21. The Morgan fingerprint density at radius 1 is 1.17 bits per heavy atom. The number of carbonyl (C=O) groups is 1. The third kappa shape index (κ3) is 3.12. The average Bonchev–Trinajstić information content (AvgIpc) is 2.87. The quantitative estimate of drug-likeness (QED) is 0.732. The van der Waals surface area contributed by atoms with E-state index in [-0.39, 0.29) is 11.4 Å². The molecule has 2 aromatic heterocycles. The van der Waals surface area contributed by atoms with Gasteiger partial charge in [0.25, 0.3) is 5.91 Å². The van der Waals surface area contributed by atoms with Gasteiger partial charge in [0, 0.05) is 27.9 Å². The molecule has 5 nitrogen and oxygen atoms in total. The van der Waals surface area contributed by atoms with Crippen molar-refractivity contribution in [2.75, 3.05) is 5.32 Å². The lowest BCUT2D eigenvalue weighted by Gasteiger charge is -2.20. The molecule has 0 unspecified atom stereocenters. The molecule has 1 amide bonds. The molecule has 0 aliphatic heterocycles. The Balaban J connectivity index is 2.10. The van der Waals surface area contributed by atoms with Gasteiger partial charge in [0.1, 0.15) is 0 Å². The smallest absolute Gasteiger partial charge is 0.276 e. The molecule has 0 aliphatic rings. The lowest BCUT2D eigenvalue weighted by Crippen LogP contribution is -2.24. The Morgan fingerprint density at radius 2 is 1.87 bits per heavy atom. The van der Waals surface area contributed by atoms with E-state index in [0.29, 0.717) is 11.4 Å². The standard InChI is InChI=1S/C17H17BrN4O/c1-17(2,3)22-14-5-4-11(18)10-13(14)15(21-22)16(23)20-12-6-8-19-9-7-12/h4-10H,1-3H3,(H,19,20,23). The average molecular weight is 373 g/mol. The zero-order valence-electron chi connectivity index (χ0n) is 13.2. The van der Waals surface area contributed by atoms with Crippen LogP contribution in [0.5, 0.6) is 0 Å². The van der Waals surface area contributed by atoms with Gasteiger partial charge in [-0.3, -0.25) is 14.5 Å². The van der Waals surface area contributed by atoms with Gasteiger partial charge in [-0.25, -0.2) is 0 Å². The van der Waals surface area contributed by atoms with Gasteiger partial charge in [-0.1, -0.05) is 15.9 Å². The number of nitrogens with one attached hydrogen (secondary N) is 1. The van der Waals surface area contributed by atoms with Crippen LogP contribution in [0.2, 0.25) is 0 Å². The van der Waals surface area contributed by atoms with Gasteiger partial charge < -0.3 is 5.32 Å². The third-order valence-corrected chi connectivity index (χ3v) is 3.92. The van der Waals surface area contributed by atoms with Crippen LogP contribution in [0.1, 0.15) is 31.3 Å². The molecule has 0 atom stereocenters. The summed E-state index contributed by atoms with van der Waals surface area (Å²) in [5, 5.41) is 8.25. The summed E-state index contributed by atoms with van der Waals surface area (Å²) in [6, 6.07) is 9.34. The fourth-order valence-electron chi connectivity index (χ4n) is 2.39. The number of aromatic nitrogens is 3. The Morgan fingerprint density at radius 3 is 2.52 bits per heavy atom. The second kappa shape index (κ2) is 5.77. The zero-order valence-corrected chi connectivity index (χ0v) is 14.8. The molecule has 3 aromatic rings. The van der Waals surface area contributed by atoms with Crippen molar-refractivity contribution in [3.8, 4) is 0 Å². The molecule has 118 valence electrons. The van der Waals surface area contributed by atoms with E-state index in [0.717, 1.165) is 15.4 Å². The van der Waals surface area contributed by atoms with Gasteiger partial charge in [-0.15, -0.1) is 0 Å². The van der Waals surface area contributed by atoms with Crippen molar-refractivity contribution in [2.24, 2.45) is 0 Å². The van der Waals surface area contributed by atoms with E-state index in [1.165, 1.54) is 0 Å². The van der Waals surface area contributed by atoms with Gasteiger partial charge in [-0.05, 0) is 51.1 Å². The summed E-state index contributed by atoms with van der Waals surface area (Å²) in [7, 11) is 0. The second-order valence-electron chi connectivity index (χ2n) is 6.28. The van der Waals surface area contributed by atoms with Gasteiger partial charge in [0.2, 0.25) is 0 Å². The van der Waals surface area contributed by atoms with Crippen molar-refractivity contribution in [3.63, 3.8) is 0 Å². The summed E-state index contributed by atoms with van der Waals surface area (Å²) in [6.45, 7) is 6.18. The third-order valence-electron chi connectivity index (χ3n) is 3.43. The summed E-state index contributed by atoms with van der Waals surface area (Å²) >= 11 is 3.47. The van der Waals surface area contributed by atoms with Crippen molar-refractivity contribution < 1.29 is 4.79 Å². The van der Waals surface area contributed by atoms with E-state index in [9.17, 15) is 4.79 Å². The van der Waals surface area contributed by atoms with E-state index in [4.69, 9.17) is 0 Å². The second-order valence-corrected chi connectivity index (χ2v) is 7.20. The molecule has 0 fully saturated rings. The molecule has 1 N–H and O–H groups in total. The first kappa shape index (κ1) is 15.7. The minimum absolute atomic E-state index is 0.221. The van der Waals surface area contributed by atoms with E-state index < -0.39 is 0 Å². The van der Waals surface area contributed by atoms with E-state index in [2.05, 4.69) is 52.1 Å². The van der Waals surface area contributed by atoms with Crippen LogP contribution in [-0.2, 0) is 5.54 Å². The first-order valence-electron chi connectivity index (χ1n) is 7.26. The SMILES string of the molecule is CC(C)(C)n1nc(C(=O)Nc2ccncc2)c2cc(Br)ccc21. The van der Waals surface area contributed by atoms with Crippen LogP contribution in [0.3, 0.4) is 0 Å². The number of rotatable bonds is 2. The summed E-state index contributed by atoms with van der Waals surface area (Å²) in [4.78, 5) is 16.6. The fraction of sp³-hybridized carbons (Fsp3) is 0.235. The molecule has 0 aliphatic carbocycles. The number of hydrogen-bond acceptors (Lipinski definition) is 3. The molecule has 0 bridgehead atoms. The summed E-state index contributed by atoms with van der Waals surface area (Å²) in [6.07, 6.45) is 3.27. The molecule has 3 rings (SSSR count). The Bertz CT molecular complexity index is 865.